The predicted octanol–water partition coefficient (Wildman–Crippen LogP) is 3.63. The maximum atomic E-state index is 13.5. The van der Waals surface area contributed by atoms with Gasteiger partial charge in [0.05, 0.1) is 6.61 Å². The van der Waals surface area contributed by atoms with Gasteiger partial charge in [-0.05, 0) is 67.1 Å². The number of carbonyl (C=O) groups is 1. The zero-order chi connectivity index (χ0) is 22.6. The maximum absolute atomic E-state index is 13.5. The lowest BCUT2D eigenvalue weighted by atomic mass is 10.1. The molecule has 2 aliphatic heterocycles. The van der Waals surface area contributed by atoms with E-state index in [9.17, 15) is 9.18 Å². The Bertz CT molecular complexity index is 1150. The summed E-state index contributed by atoms with van der Waals surface area (Å²) in [5.74, 6) is 1.92. The van der Waals surface area contributed by atoms with Crippen molar-refractivity contribution in [2.75, 3.05) is 49.5 Å². The minimum Gasteiger partial charge on any atom is -0.478 e. The van der Waals surface area contributed by atoms with Crippen LogP contribution in [0.2, 0.25) is 0 Å². The van der Waals surface area contributed by atoms with Gasteiger partial charge in [0.2, 0.25) is 11.8 Å². The fourth-order valence-electron chi connectivity index (χ4n) is 4.49. The summed E-state index contributed by atoms with van der Waals surface area (Å²) >= 11 is 0. The number of rotatable bonds is 7. The molecule has 2 aliphatic rings. The summed E-state index contributed by atoms with van der Waals surface area (Å²) in [5.41, 5.74) is 1.06. The van der Waals surface area contributed by atoms with Crippen molar-refractivity contribution in [2.24, 2.45) is 0 Å². The molecular weight excluding hydrogens is 421 g/mol. The van der Waals surface area contributed by atoms with E-state index in [-0.39, 0.29) is 11.7 Å². The third-order valence-electron chi connectivity index (χ3n) is 6.33. The van der Waals surface area contributed by atoms with E-state index in [1.807, 2.05) is 24.3 Å². The molecule has 33 heavy (non-hydrogen) atoms. The summed E-state index contributed by atoms with van der Waals surface area (Å²) < 4.78 is 19.3. The quantitative estimate of drug-likeness (QED) is 0.556. The van der Waals surface area contributed by atoms with Gasteiger partial charge in [0.1, 0.15) is 17.5 Å². The number of hydrogen-bond donors (Lipinski definition) is 1. The van der Waals surface area contributed by atoms with Crippen molar-refractivity contribution in [2.45, 2.75) is 25.7 Å². The summed E-state index contributed by atoms with van der Waals surface area (Å²) in [6.45, 7) is 5.41. The van der Waals surface area contributed by atoms with Crippen LogP contribution in [0.1, 0.15) is 24.8 Å². The summed E-state index contributed by atoms with van der Waals surface area (Å²) in [7, 11) is 0. The highest BCUT2D eigenvalue weighted by atomic mass is 19.1. The van der Waals surface area contributed by atoms with Crippen LogP contribution in [0.5, 0.6) is 5.88 Å². The van der Waals surface area contributed by atoms with Gasteiger partial charge in [-0.25, -0.2) is 9.37 Å². The lowest BCUT2D eigenvalue weighted by molar-refractivity contribution is -0.116. The van der Waals surface area contributed by atoms with Crippen LogP contribution in [-0.2, 0) is 11.2 Å². The van der Waals surface area contributed by atoms with Crippen molar-refractivity contribution < 1.29 is 13.9 Å². The van der Waals surface area contributed by atoms with Crippen LogP contribution in [0.4, 0.5) is 16.0 Å². The number of halogens is 1. The Balaban J connectivity index is 1.05. The summed E-state index contributed by atoms with van der Waals surface area (Å²) in [6, 6.07) is 10.6. The van der Waals surface area contributed by atoms with Crippen LogP contribution in [0.25, 0.3) is 10.8 Å². The van der Waals surface area contributed by atoms with E-state index < -0.39 is 0 Å². The first-order valence-corrected chi connectivity index (χ1v) is 11.6. The van der Waals surface area contributed by atoms with Gasteiger partial charge in [-0.1, -0.05) is 0 Å². The molecule has 5 rings (SSSR count). The molecule has 0 bridgehead atoms. The second-order valence-corrected chi connectivity index (χ2v) is 8.59. The lowest BCUT2D eigenvalue weighted by Gasteiger charge is -2.35. The normalized spacial score (nSPS) is 16.5. The SMILES string of the molecule is O=C1CCc2ccc(OCCCCN3CCN(c4nccc5cc(F)ccc45)CC3)nc2N1. The number of carbonyl (C=O) groups excluding carboxylic acids is 1. The predicted molar refractivity (Wildman–Crippen MR) is 126 cm³/mol. The molecule has 0 unspecified atom stereocenters. The van der Waals surface area contributed by atoms with E-state index in [0.29, 0.717) is 24.7 Å². The first kappa shape index (κ1) is 21.6. The molecule has 0 atom stereocenters. The van der Waals surface area contributed by atoms with Crippen LogP contribution >= 0.6 is 0 Å². The van der Waals surface area contributed by atoms with Crippen molar-refractivity contribution in [3.8, 4) is 5.88 Å². The van der Waals surface area contributed by atoms with Gasteiger partial charge in [0.25, 0.3) is 0 Å². The molecule has 3 aromatic rings. The number of aryl methyl sites for hydroxylation is 1. The number of benzene rings is 1. The number of nitrogens with one attached hydrogen (secondary N) is 1. The topological polar surface area (TPSA) is 70.6 Å². The highest BCUT2D eigenvalue weighted by Crippen LogP contribution is 2.26. The van der Waals surface area contributed by atoms with Crippen LogP contribution in [0.3, 0.4) is 0 Å². The molecule has 172 valence electrons. The molecule has 0 spiro atoms. The molecule has 0 radical (unpaired) electrons. The molecule has 1 amide bonds. The van der Waals surface area contributed by atoms with Crippen molar-refractivity contribution in [3.05, 3.63) is 54.0 Å². The zero-order valence-corrected chi connectivity index (χ0v) is 18.6. The lowest BCUT2D eigenvalue weighted by Crippen LogP contribution is -2.47. The van der Waals surface area contributed by atoms with Crippen molar-refractivity contribution in [1.29, 1.82) is 0 Å². The largest absolute Gasteiger partial charge is 0.478 e. The molecule has 2 aromatic heterocycles. The Labute approximate surface area is 192 Å². The number of amides is 1. The smallest absolute Gasteiger partial charge is 0.225 e. The Morgan fingerprint density at radius 2 is 1.91 bits per heavy atom. The minimum atomic E-state index is -0.220. The average molecular weight is 450 g/mol. The highest BCUT2D eigenvalue weighted by molar-refractivity contribution is 5.93. The van der Waals surface area contributed by atoms with Gasteiger partial charge >= 0.3 is 0 Å². The summed E-state index contributed by atoms with van der Waals surface area (Å²) in [5, 5.41) is 4.70. The van der Waals surface area contributed by atoms with Gasteiger partial charge in [-0.2, -0.15) is 4.98 Å². The molecule has 0 aliphatic carbocycles. The molecule has 8 heteroatoms. The van der Waals surface area contributed by atoms with Gasteiger partial charge in [-0.15, -0.1) is 0 Å². The third-order valence-corrected chi connectivity index (χ3v) is 6.33. The van der Waals surface area contributed by atoms with Crippen LogP contribution in [0.15, 0.2) is 42.6 Å². The van der Waals surface area contributed by atoms with Crippen molar-refractivity contribution in [1.82, 2.24) is 14.9 Å². The fraction of sp³-hybridized carbons (Fsp3) is 0.400. The van der Waals surface area contributed by atoms with E-state index >= 15 is 0 Å². The Hall–Kier alpha value is -3.26. The van der Waals surface area contributed by atoms with E-state index in [4.69, 9.17) is 4.74 Å². The first-order valence-electron chi connectivity index (χ1n) is 11.6. The summed E-state index contributed by atoms with van der Waals surface area (Å²) in [6.07, 6.45) is 5.00. The molecule has 0 saturated carbocycles. The number of anilines is 2. The van der Waals surface area contributed by atoms with Gasteiger partial charge in [0.15, 0.2) is 0 Å². The molecule has 7 nitrogen and oxygen atoms in total. The fourth-order valence-corrected chi connectivity index (χ4v) is 4.49. The third kappa shape index (κ3) is 5.06. The van der Waals surface area contributed by atoms with Crippen LogP contribution in [0, 0.1) is 5.82 Å². The molecule has 1 aromatic carbocycles. The zero-order valence-electron chi connectivity index (χ0n) is 18.6. The summed E-state index contributed by atoms with van der Waals surface area (Å²) in [4.78, 5) is 25.3. The number of ether oxygens (including phenoxy) is 1. The molecular formula is C25H28FN5O2. The Morgan fingerprint density at radius 3 is 2.79 bits per heavy atom. The standard InChI is InChI=1S/C25H28FN5O2/c26-20-5-6-21-19(17-20)9-10-27-25(21)31-14-12-30(13-15-31)11-1-2-16-33-23-8-4-18-3-7-22(32)28-24(18)29-23/h4-6,8-10,17H,1-3,7,11-16H2,(H,28,29,32). The Morgan fingerprint density at radius 1 is 1.03 bits per heavy atom. The van der Waals surface area contributed by atoms with E-state index in [2.05, 4.69) is 25.1 Å². The second kappa shape index (κ2) is 9.70. The first-order chi connectivity index (χ1) is 16.2. The molecule has 4 heterocycles. The monoisotopic (exact) mass is 449 g/mol. The number of piperazine rings is 1. The molecule has 1 fully saturated rings. The second-order valence-electron chi connectivity index (χ2n) is 8.59. The number of unbranched alkanes of at least 4 members (excludes halogenated alkanes) is 1. The number of pyridine rings is 2. The van der Waals surface area contributed by atoms with Crippen molar-refractivity contribution in [3.63, 3.8) is 0 Å². The van der Waals surface area contributed by atoms with Crippen LogP contribution < -0.4 is 15.0 Å². The van der Waals surface area contributed by atoms with Gasteiger partial charge in [0, 0.05) is 50.2 Å². The van der Waals surface area contributed by atoms with Crippen LogP contribution in [-0.4, -0.2) is 60.1 Å². The highest BCUT2D eigenvalue weighted by Gasteiger charge is 2.20. The van der Waals surface area contributed by atoms with Gasteiger partial charge in [-0.3, -0.25) is 9.69 Å². The number of fused-ring (bicyclic) bond motifs is 2. The molecule has 1 saturated heterocycles. The maximum Gasteiger partial charge on any atom is 0.225 e. The number of aromatic nitrogens is 2. The van der Waals surface area contributed by atoms with E-state index in [1.165, 1.54) is 6.07 Å². The van der Waals surface area contributed by atoms with E-state index in [0.717, 1.165) is 74.1 Å². The number of nitrogens with zero attached hydrogens (tertiary/aromatic N) is 4. The Kier molecular flexibility index (Phi) is 6.35. The minimum absolute atomic E-state index is 0.0115. The molecule has 1 N–H and O–H groups in total. The van der Waals surface area contributed by atoms with Gasteiger partial charge < -0.3 is 15.0 Å². The van der Waals surface area contributed by atoms with E-state index in [1.54, 1.807) is 12.3 Å². The number of hydrogen-bond acceptors (Lipinski definition) is 6. The van der Waals surface area contributed by atoms with Crippen molar-refractivity contribution >= 4 is 28.3 Å². The average Bonchev–Trinajstić information content (AvgIpc) is 2.83.